The molecule has 0 aliphatic carbocycles. The number of aromatic amines is 1. The molecule has 1 amide bonds. The first-order valence-corrected chi connectivity index (χ1v) is 7.42. The highest BCUT2D eigenvalue weighted by atomic mass is 32.1. The molecule has 2 rings (SSSR count). The van der Waals surface area contributed by atoms with E-state index in [0.717, 1.165) is 17.8 Å². The third-order valence-corrected chi connectivity index (χ3v) is 3.87. The van der Waals surface area contributed by atoms with Gasteiger partial charge in [0.2, 0.25) is 6.23 Å². The number of rotatable bonds is 4. The molecule has 9 nitrogen and oxygen atoms in total. The number of halogens is 3. The number of H-pyrrole nitrogens is 1. The molecule has 0 bridgehead atoms. The summed E-state index contributed by atoms with van der Waals surface area (Å²) in [5.74, 6) is -3.11. The van der Waals surface area contributed by atoms with Crippen LogP contribution in [0.5, 0.6) is 0 Å². The Bertz CT molecular complexity index is 862. The van der Waals surface area contributed by atoms with Gasteiger partial charge in [-0.1, -0.05) is 0 Å². The first-order chi connectivity index (χ1) is 12.0. The second-order valence-corrected chi connectivity index (χ2v) is 5.79. The van der Waals surface area contributed by atoms with E-state index in [9.17, 15) is 33.0 Å². The fourth-order valence-electron chi connectivity index (χ4n) is 2.27. The van der Waals surface area contributed by atoms with E-state index < -0.39 is 48.9 Å². The predicted molar refractivity (Wildman–Crippen MR) is 81.3 cm³/mol. The molecule has 0 saturated carbocycles. The van der Waals surface area contributed by atoms with Gasteiger partial charge in [-0.3, -0.25) is 19.1 Å². The van der Waals surface area contributed by atoms with E-state index in [1.807, 2.05) is 0 Å². The lowest BCUT2D eigenvalue weighted by molar-refractivity contribution is -0.184. The zero-order chi connectivity index (χ0) is 19.8. The summed E-state index contributed by atoms with van der Waals surface area (Å²) in [5.41, 5.74) is -1.11. The lowest BCUT2D eigenvalue weighted by atomic mass is 10.2. The Morgan fingerprint density at radius 1 is 1.50 bits per heavy atom. The van der Waals surface area contributed by atoms with Crippen molar-refractivity contribution < 1.29 is 38.0 Å². The summed E-state index contributed by atoms with van der Waals surface area (Å²) in [6, 6.07) is 0. The molecule has 1 aromatic heterocycles. The van der Waals surface area contributed by atoms with Gasteiger partial charge in [-0.25, -0.2) is 0 Å². The van der Waals surface area contributed by atoms with Crippen LogP contribution >= 0.6 is 12.2 Å². The Labute approximate surface area is 148 Å². The van der Waals surface area contributed by atoms with Gasteiger partial charge in [0.1, 0.15) is 6.61 Å². The number of carbonyl (C=O) groups is 1. The highest BCUT2D eigenvalue weighted by molar-refractivity contribution is 7.71. The van der Waals surface area contributed by atoms with Crippen LogP contribution in [-0.2, 0) is 16.1 Å². The predicted octanol–water partition coefficient (Wildman–Crippen LogP) is 0.0782. The number of aliphatic hydroxyl groups is 3. The van der Waals surface area contributed by atoms with Crippen molar-refractivity contribution in [3.63, 3.8) is 0 Å². The SMILES string of the molecule is CN(Cc1cn([C@@H]2OC(CO)=C(O)C2O)c(=S)[nH]c1=O)C(=O)C(F)(F)F. The fourth-order valence-corrected chi connectivity index (χ4v) is 2.52. The smallest absolute Gasteiger partial charge is 0.471 e. The molecule has 4 N–H and O–H groups in total. The van der Waals surface area contributed by atoms with E-state index in [2.05, 4.69) is 4.98 Å². The van der Waals surface area contributed by atoms with Crippen LogP contribution in [0, 0.1) is 4.77 Å². The maximum atomic E-state index is 12.5. The monoisotopic (exact) mass is 397 g/mol. The number of nitrogens with one attached hydrogen (secondary N) is 1. The Balaban J connectivity index is 2.35. The Morgan fingerprint density at radius 2 is 2.12 bits per heavy atom. The standard InChI is InChI=1S/C13H14F3N3O6S/c1-18(11(24)13(14,15)16)2-5-3-19(12(26)17-9(5)23)10-8(22)7(21)6(4-20)25-10/h3,8,10,20-22H,2,4H2,1H3,(H,17,23,26)/t8?,10-/m1/s1. The molecule has 0 saturated heterocycles. The second kappa shape index (κ2) is 7.09. The topological polar surface area (TPSA) is 128 Å². The summed E-state index contributed by atoms with van der Waals surface area (Å²) in [7, 11) is 0.860. The summed E-state index contributed by atoms with van der Waals surface area (Å²) >= 11 is 4.92. The lowest BCUT2D eigenvalue weighted by Gasteiger charge is -2.22. The molecule has 13 heteroatoms. The number of alkyl halides is 3. The van der Waals surface area contributed by atoms with Crippen LogP contribution in [0.15, 0.2) is 22.5 Å². The van der Waals surface area contributed by atoms with Gasteiger partial charge >= 0.3 is 12.1 Å². The Hall–Kier alpha value is -2.38. The van der Waals surface area contributed by atoms with Crippen molar-refractivity contribution in [1.29, 1.82) is 0 Å². The zero-order valence-corrected chi connectivity index (χ0v) is 14.0. The van der Waals surface area contributed by atoms with E-state index >= 15 is 0 Å². The highest BCUT2D eigenvalue weighted by Gasteiger charge is 2.41. The lowest BCUT2D eigenvalue weighted by Crippen LogP contribution is -2.39. The number of ether oxygens (including phenoxy) is 1. The van der Waals surface area contributed by atoms with Crippen LogP contribution in [0.1, 0.15) is 11.8 Å². The maximum Gasteiger partial charge on any atom is 0.471 e. The minimum atomic E-state index is -5.11. The molecule has 1 aromatic rings. The van der Waals surface area contributed by atoms with Gasteiger partial charge in [0, 0.05) is 13.2 Å². The van der Waals surface area contributed by atoms with Gasteiger partial charge in [0.05, 0.1) is 12.1 Å². The van der Waals surface area contributed by atoms with Crippen LogP contribution in [0.2, 0.25) is 0 Å². The Morgan fingerprint density at radius 3 is 2.62 bits per heavy atom. The zero-order valence-electron chi connectivity index (χ0n) is 13.1. The maximum absolute atomic E-state index is 12.5. The minimum absolute atomic E-state index is 0.250. The molecule has 0 fully saturated rings. The average Bonchev–Trinajstić information content (AvgIpc) is 2.83. The number of aromatic nitrogens is 2. The quantitative estimate of drug-likeness (QED) is 0.530. The van der Waals surface area contributed by atoms with Gasteiger partial charge in [-0.15, -0.1) is 0 Å². The van der Waals surface area contributed by atoms with E-state index in [-0.39, 0.29) is 16.1 Å². The van der Waals surface area contributed by atoms with Crippen LogP contribution in [0.25, 0.3) is 0 Å². The first-order valence-electron chi connectivity index (χ1n) is 7.01. The molecule has 1 aliphatic rings. The van der Waals surface area contributed by atoms with Gasteiger partial charge in [0.15, 0.2) is 22.4 Å². The molecule has 2 heterocycles. The number of hydrogen-bond acceptors (Lipinski definition) is 7. The molecule has 0 spiro atoms. The van der Waals surface area contributed by atoms with Crippen molar-refractivity contribution in [3.8, 4) is 0 Å². The molecule has 144 valence electrons. The Kier molecular flexibility index (Phi) is 5.44. The number of aliphatic hydroxyl groups excluding tert-OH is 3. The highest BCUT2D eigenvalue weighted by Crippen LogP contribution is 2.31. The molecule has 1 aliphatic heterocycles. The van der Waals surface area contributed by atoms with Gasteiger partial charge < -0.3 is 25.0 Å². The molecule has 0 radical (unpaired) electrons. The largest absolute Gasteiger partial charge is 0.506 e. The average molecular weight is 397 g/mol. The molecular weight excluding hydrogens is 383 g/mol. The van der Waals surface area contributed by atoms with Crippen molar-refractivity contribution in [2.75, 3.05) is 13.7 Å². The van der Waals surface area contributed by atoms with E-state index in [1.54, 1.807) is 0 Å². The summed E-state index contributed by atoms with van der Waals surface area (Å²) in [6.45, 7) is -1.41. The number of hydrogen-bond donors (Lipinski definition) is 4. The van der Waals surface area contributed by atoms with Gasteiger partial charge in [0.25, 0.3) is 5.56 Å². The van der Waals surface area contributed by atoms with Gasteiger partial charge in [-0.05, 0) is 12.2 Å². The molecule has 0 aromatic carbocycles. The summed E-state index contributed by atoms with van der Waals surface area (Å²) < 4.78 is 43.3. The third kappa shape index (κ3) is 3.73. The van der Waals surface area contributed by atoms with Crippen LogP contribution < -0.4 is 5.56 Å². The van der Waals surface area contributed by atoms with Crippen molar-refractivity contribution in [2.24, 2.45) is 0 Å². The number of nitrogens with zero attached hydrogens (tertiary/aromatic N) is 2. The van der Waals surface area contributed by atoms with Crippen LogP contribution in [0.3, 0.4) is 0 Å². The van der Waals surface area contributed by atoms with Crippen molar-refractivity contribution in [2.45, 2.75) is 25.1 Å². The van der Waals surface area contributed by atoms with Crippen molar-refractivity contribution in [1.82, 2.24) is 14.5 Å². The van der Waals surface area contributed by atoms with E-state index in [4.69, 9.17) is 22.1 Å². The molecular formula is C13H14F3N3O6S. The normalized spacial score (nSPS) is 20.2. The van der Waals surface area contributed by atoms with Crippen molar-refractivity contribution >= 4 is 18.1 Å². The van der Waals surface area contributed by atoms with Crippen LogP contribution in [0.4, 0.5) is 13.2 Å². The molecule has 2 atom stereocenters. The van der Waals surface area contributed by atoms with E-state index in [0.29, 0.717) is 4.90 Å². The molecule has 26 heavy (non-hydrogen) atoms. The van der Waals surface area contributed by atoms with E-state index in [1.165, 1.54) is 0 Å². The van der Waals surface area contributed by atoms with Crippen molar-refractivity contribution in [3.05, 3.63) is 38.4 Å². The first kappa shape index (κ1) is 19.9. The number of carbonyl (C=O) groups excluding carboxylic acids is 1. The van der Waals surface area contributed by atoms with Gasteiger partial charge in [-0.2, -0.15) is 13.2 Å². The fraction of sp³-hybridized carbons (Fsp3) is 0.462. The van der Waals surface area contributed by atoms with Crippen LogP contribution in [-0.4, -0.2) is 61.6 Å². The summed E-state index contributed by atoms with van der Waals surface area (Å²) in [5, 5.41) is 28.7. The minimum Gasteiger partial charge on any atom is -0.506 e. The summed E-state index contributed by atoms with van der Waals surface area (Å²) in [4.78, 5) is 25.6. The molecule has 1 unspecified atom stereocenters. The second-order valence-electron chi connectivity index (χ2n) is 5.40. The summed E-state index contributed by atoms with van der Waals surface area (Å²) in [6.07, 6.45) is -7.09. The third-order valence-electron chi connectivity index (χ3n) is 3.55. The number of amides is 1.